The number of halogens is 2. The SMILES string of the molecule is O=c1[nH]c2cc(Cl)ccc2c2cc3c(=O)[nH]c4cc(Cl)ccc4c3cc12. The molecule has 2 heterocycles. The summed E-state index contributed by atoms with van der Waals surface area (Å²) in [5, 5.41) is 5.22. The van der Waals surface area contributed by atoms with Crippen LogP contribution in [0.5, 0.6) is 0 Å². The van der Waals surface area contributed by atoms with Crippen LogP contribution >= 0.6 is 23.2 Å². The maximum absolute atomic E-state index is 12.6. The second-order valence-corrected chi connectivity index (χ2v) is 7.10. The topological polar surface area (TPSA) is 65.7 Å². The standard InChI is InChI=1S/C20H10Cl2N2O2/c21-9-1-3-11-13-7-16-14(8-15(13)19(25)23-17(11)5-9)12-4-2-10(22)6-18(12)24-20(16)26/h1-8H,(H,23,25)(H,24,26). The quantitative estimate of drug-likeness (QED) is 0.293. The maximum atomic E-state index is 12.6. The Hall–Kier alpha value is -2.82. The molecule has 0 spiro atoms. The summed E-state index contributed by atoms with van der Waals surface area (Å²) < 4.78 is 0. The molecule has 26 heavy (non-hydrogen) atoms. The molecule has 0 unspecified atom stereocenters. The van der Waals surface area contributed by atoms with Gasteiger partial charge < -0.3 is 9.97 Å². The second-order valence-electron chi connectivity index (χ2n) is 6.23. The van der Waals surface area contributed by atoms with Gasteiger partial charge in [0.25, 0.3) is 11.1 Å². The van der Waals surface area contributed by atoms with Gasteiger partial charge in [0.2, 0.25) is 0 Å². The van der Waals surface area contributed by atoms with Crippen molar-refractivity contribution in [2.24, 2.45) is 0 Å². The van der Waals surface area contributed by atoms with Crippen LogP contribution in [-0.2, 0) is 0 Å². The van der Waals surface area contributed by atoms with Gasteiger partial charge in [-0.2, -0.15) is 0 Å². The Morgan fingerprint density at radius 1 is 0.538 bits per heavy atom. The van der Waals surface area contributed by atoms with E-state index in [2.05, 4.69) is 9.97 Å². The summed E-state index contributed by atoms with van der Waals surface area (Å²) in [5.74, 6) is 0. The molecule has 6 heteroatoms. The number of aromatic nitrogens is 2. The smallest absolute Gasteiger partial charge is 0.256 e. The molecule has 0 fully saturated rings. The van der Waals surface area contributed by atoms with Gasteiger partial charge in [-0.3, -0.25) is 9.59 Å². The van der Waals surface area contributed by atoms with Crippen LogP contribution in [0.25, 0.3) is 43.4 Å². The lowest BCUT2D eigenvalue weighted by molar-refractivity contribution is 1.34. The van der Waals surface area contributed by atoms with Crippen LogP contribution in [0.2, 0.25) is 10.0 Å². The van der Waals surface area contributed by atoms with E-state index in [0.717, 1.165) is 10.8 Å². The first kappa shape index (κ1) is 15.4. The van der Waals surface area contributed by atoms with Crippen LogP contribution in [0.1, 0.15) is 0 Å². The van der Waals surface area contributed by atoms with E-state index in [0.29, 0.717) is 42.6 Å². The molecule has 0 atom stereocenters. The molecule has 0 amide bonds. The van der Waals surface area contributed by atoms with Crippen LogP contribution in [0, 0.1) is 0 Å². The highest BCUT2D eigenvalue weighted by atomic mass is 35.5. The first-order valence-electron chi connectivity index (χ1n) is 7.92. The zero-order valence-electron chi connectivity index (χ0n) is 13.2. The molecule has 5 aromatic rings. The third kappa shape index (κ3) is 2.16. The van der Waals surface area contributed by atoms with E-state index in [9.17, 15) is 9.59 Å². The number of H-pyrrole nitrogens is 2. The highest BCUT2D eigenvalue weighted by Gasteiger charge is 2.12. The molecule has 0 saturated carbocycles. The first-order valence-corrected chi connectivity index (χ1v) is 8.67. The average Bonchev–Trinajstić information content (AvgIpc) is 2.60. The second kappa shape index (κ2) is 5.34. The molecule has 0 radical (unpaired) electrons. The fraction of sp³-hybridized carbons (Fsp3) is 0. The first-order chi connectivity index (χ1) is 12.5. The van der Waals surface area contributed by atoms with Gasteiger partial charge in [-0.25, -0.2) is 0 Å². The number of fused-ring (bicyclic) bond motifs is 6. The Morgan fingerprint density at radius 3 is 1.38 bits per heavy atom. The van der Waals surface area contributed by atoms with Crippen molar-refractivity contribution in [2.45, 2.75) is 0 Å². The largest absolute Gasteiger partial charge is 0.321 e. The summed E-state index contributed by atoms with van der Waals surface area (Å²) in [7, 11) is 0. The molecule has 2 aromatic heterocycles. The minimum absolute atomic E-state index is 0.223. The van der Waals surface area contributed by atoms with Crippen molar-refractivity contribution < 1.29 is 0 Å². The number of benzene rings is 3. The fourth-order valence-electron chi connectivity index (χ4n) is 3.51. The van der Waals surface area contributed by atoms with Crippen molar-refractivity contribution in [3.8, 4) is 0 Å². The molecule has 4 nitrogen and oxygen atoms in total. The molecule has 0 aliphatic rings. The third-order valence-corrected chi connectivity index (χ3v) is 5.16. The molecular weight excluding hydrogens is 371 g/mol. The lowest BCUT2D eigenvalue weighted by atomic mass is 9.99. The Kier molecular flexibility index (Phi) is 3.17. The predicted molar refractivity (Wildman–Crippen MR) is 108 cm³/mol. The van der Waals surface area contributed by atoms with Crippen LogP contribution in [-0.4, -0.2) is 9.97 Å². The molecule has 3 aromatic carbocycles. The number of nitrogens with one attached hydrogen (secondary N) is 2. The highest BCUT2D eigenvalue weighted by molar-refractivity contribution is 6.32. The van der Waals surface area contributed by atoms with Gasteiger partial charge >= 0.3 is 0 Å². The van der Waals surface area contributed by atoms with E-state index < -0.39 is 0 Å². The zero-order valence-corrected chi connectivity index (χ0v) is 14.7. The van der Waals surface area contributed by atoms with Crippen molar-refractivity contribution in [1.82, 2.24) is 9.97 Å². The minimum Gasteiger partial charge on any atom is -0.321 e. The van der Waals surface area contributed by atoms with Gasteiger partial charge in [-0.15, -0.1) is 0 Å². The van der Waals surface area contributed by atoms with Gasteiger partial charge in [0.15, 0.2) is 0 Å². The zero-order chi connectivity index (χ0) is 18.0. The van der Waals surface area contributed by atoms with E-state index in [-0.39, 0.29) is 11.1 Å². The van der Waals surface area contributed by atoms with E-state index in [4.69, 9.17) is 23.2 Å². The number of pyridine rings is 2. The molecular formula is C20H10Cl2N2O2. The molecule has 2 N–H and O–H groups in total. The summed E-state index contributed by atoms with van der Waals surface area (Å²) in [6, 6.07) is 14.2. The normalized spacial score (nSPS) is 11.8. The van der Waals surface area contributed by atoms with Crippen molar-refractivity contribution in [1.29, 1.82) is 0 Å². The van der Waals surface area contributed by atoms with Gasteiger partial charge in [-0.05, 0) is 47.2 Å². The Balaban J connectivity index is 2.06. The van der Waals surface area contributed by atoms with E-state index >= 15 is 0 Å². The molecule has 0 aliphatic carbocycles. The molecule has 0 aliphatic heterocycles. The van der Waals surface area contributed by atoms with Crippen molar-refractivity contribution in [3.05, 3.63) is 79.3 Å². The summed E-state index contributed by atoms with van der Waals surface area (Å²) in [6.45, 7) is 0. The summed E-state index contributed by atoms with van der Waals surface area (Å²) >= 11 is 12.1. The number of hydrogen-bond donors (Lipinski definition) is 2. The van der Waals surface area contributed by atoms with E-state index in [1.165, 1.54) is 0 Å². The fourth-order valence-corrected chi connectivity index (χ4v) is 3.85. The number of aromatic amines is 2. The van der Waals surface area contributed by atoms with Gasteiger partial charge in [-0.1, -0.05) is 35.3 Å². The van der Waals surface area contributed by atoms with Crippen molar-refractivity contribution >= 4 is 66.6 Å². The van der Waals surface area contributed by atoms with Crippen LogP contribution < -0.4 is 11.1 Å². The Labute approximate surface area is 156 Å². The predicted octanol–water partition coefficient (Wildman–Crippen LogP) is 4.98. The lowest BCUT2D eigenvalue weighted by Crippen LogP contribution is -2.10. The Morgan fingerprint density at radius 2 is 0.962 bits per heavy atom. The van der Waals surface area contributed by atoms with Gasteiger partial charge in [0.1, 0.15) is 0 Å². The number of rotatable bonds is 0. The van der Waals surface area contributed by atoms with Crippen LogP contribution in [0.15, 0.2) is 58.1 Å². The molecule has 5 rings (SSSR count). The summed E-state index contributed by atoms with van der Waals surface area (Å²) in [5.41, 5.74) is 0.829. The van der Waals surface area contributed by atoms with Crippen LogP contribution in [0.3, 0.4) is 0 Å². The van der Waals surface area contributed by atoms with E-state index in [1.807, 2.05) is 12.1 Å². The van der Waals surface area contributed by atoms with E-state index in [1.54, 1.807) is 36.4 Å². The summed E-state index contributed by atoms with van der Waals surface area (Å²) in [4.78, 5) is 31.0. The average molecular weight is 381 g/mol. The van der Waals surface area contributed by atoms with Gasteiger partial charge in [0, 0.05) is 31.6 Å². The molecule has 0 bridgehead atoms. The van der Waals surface area contributed by atoms with Crippen LogP contribution in [0.4, 0.5) is 0 Å². The summed E-state index contributed by atoms with van der Waals surface area (Å²) in [6.07, 6.45) is 0. The van der Waals surface area contributed by atoms with Gasteiger partial charge in [0.05, 0.1) is 11.0 Å². The molecule has 126 valence electrons. The van der Waals surface area contributed by atoms with Crippen molar-refractivity contribution in [3.63, 3.8) is 0 Å². The minimum atomic E-state index is -0.223. The number of hydrogen-bond acceptors (Lipinski definition) is 2. The highest BCUT2D eigenvalue weighted by Crippen LogP contribution is 2.30. The Bertz CT molecular complexity index is 1380. The monoisotopic (exact) mass is 380 g/mol. The third-order valence-electron chi connectivity index (χ3n) is 4.69. The lowest BCUT2D eigenvalue weighted by Gasteiger charge is -2.08. The maximum Gasteiger partial charge on any atom is 0.256 e. The molecule has 0 saturated heterocycles. The van der Waals surface area contributed by atoms with Crippen molar-refractivity contribution in [2.75, 3.05) is 0 Å².